The summed E-state index contributed by atoms with van der Waals surface area (Å²) in [6.07, 6.45) is 3.58. The molecule has 0 aromatic heterocycles. The minimum absolute atomic E-state index is 0.218. The highest BCUT2D eigenvalue weighted by molar-refractivity contribution is 5.81. The summed E-state index contributed by atoms with van der Waals surface area (Å²) in [6.45, 7) is 1.50. The molecule has 6 heteroatoms. The Labute approximate surface area is 135 Å². The Morgan fingerprint density at radius 1 is 1.35 bits per heavy atom. The Balaban J connectivity index is 2.47. The fraction of sp³-hybridized carbons (Fsp3) is 0.353. The second kappa shape index (κ2) is 6.85. The predicted molar refractivity (Wildman–Crippen MR) is 85.7 cm³/mol. The van der Waals surface area contributed by atoms with E-state index in [0.717, 1.165) is 11.1 Å². The minimum atomic E-state index is -1.03. The number of allylic oxidation sites excluding steroid dienone is 2. The number of nitrogens with two attached hydrogens (primary N) is 1. The molecule has 1 aliphatic carbocycles. The molecule has 6 nitrogen and oxygen atoms in total. The van der Waals surface area contributed by atoms with E-state index in [1.54, 1.807) is 32.4 Å². The van der Waals surface area contributed by atoms with Gasteiger partial charge in [0, 0.05) is 18.2 Å². The summed E-state index contributed by atoms with van der Waals surface area (Å²) in [4.78, 5) is 10.7. The van der Waals surface area contributed by atoms with Crippen molar-refractivity contribution in [1.29, 1.82) is 0 Å². The van der Waals surface area contributed by atoms with E-state index in [9.17, 15) is 4.79 Å². The van der Waals surface area contributed by atoms with Gasteiger partial charge in [-0.3, -0.25) is 5.73 Å². The van der Waals surface area contributed by atoms with Crippen molar-refractivity contribution in [3.63, 3.8) is 0 Å². The molecule has 3 N–H and O–H groups in total. The molecule has 2 unspecified atom stereocenters. The first-order valence-electron chi connectivity index (χ1n) is 7.18. The summed E-state index contributed by atoms with van der Waals surface area (Å²) in [7, 11) is 3.12. The fourth-order valence-corrected chi connectivity index (χ4v) is 2.59. The van der Waals surface area contributed by atoms with Crippen LogP contribution in [0.15, 0.2) is 42.2 Å². The van der Waals surface area contributed by atoms with Crippen LogP contribution in [0.5, 0.6) is 5.75 Å². The van der Waals surface area contributed by atoms with Gasteiger partial charge in [0.25, 0.3) is 0 Å². The van der Waals surface area contributed by atoms with Crippen molar-refractivity contribution in [3.8, 4) is 5.75 Å². The molecule has 1 aromatic rings. The van der Waals surface area contributed by atoms with Gasteiger partial charge in [-0.2, -0.15) is 0 Å². The largest absolute Gasteiger partial charge is 0.500 e. The molecule has 0 amide bonds. The van der Waals surface area contributed by atoms with Crippen LogP contribution in [0.3, 0.4) is 0 Å². The number of benzene rings is 1. The number of methoxy groups -OCH3 is 2. The highest BCUT2D eigenvalue weighted by Crippen LogP contribution is 2.39. The second-order valence-corrected chi connectivity index (χ2v) is 5.27. The highest BCUT2D eigenvalue weighted by Gasteiger charge is 2.37. The number of aliphatic carboxylic acids is 1. The third-order valence-electron chi connectivity index (χ3n) is 3.95. The molecular formula is C17H21NO5. The zero-order chi connectivity index (χ0) is 17.0. The van der Waals surface area contributed by atoms with Crippen LogP contribution in [-0.4, -0.2) is 37.6 Å². The number of rotatable bonds is 6. The number of carboxylic acid groups (broad SMARTS) is 1. The van der Waals surface area contributed by atoms with E-state index in [-0.39, 0.29) is 5.92 Å². The van der Waals surface area contributed by atoms with Crippen LogP contribution >= 0.6 is 0 Å². The number of carboxylic acids is 1. The van der Waals surface area contributed by atoms with Gasteiger partial charge in [0.05, 0.1) is 13.0 Å². The maximum atomic E-state index is 10.7. The molecule has 0 heterocycles. The van der Waals surface area contributed by atoms with E-state index in [1.165, 1.54) is 0 Å². The van der Waals surface area contributed by atoms with E-state index in [0.29, 0.717) is 11.5 Å². The number of para-hydroxylation sites is 1. The molecule has 124 valence electrons. The molecule has 0 fully saturated rings. The third kappa shape index (κ3) is 3.38. The molecule has 0 saturated carbocycles. The van der Waals surface area contributed by atoms with Gasteiger partial charge >= 0.3 is 5.97 Å². The molecule has 1 aromatic carbocycles. The van der Waals surface area contributed by atoms with E-state index in [1.807, 2.05) is 25.1 Å². The minimum Gasteiger partial charge on any atom is -0.500 e. The second-order valence-electron chi connectivity index (χ2n) is 5.27. The van der Waals surface area contributed by atoms with Gasteiger partial charge < -0.3 is 19.3 Å². The molecular weight excluding hydrogens is 298 g/mol. The standard InChI is InChI=1S/C17H21NO5/c1-11-16(21-2)13(8-9-17(11,18)22-3)12-6-4-5-7-14(12)23-10-15(19)20/h4-9,11H,10,18H2,1-3H3,(H,19,20). The van der Waals surface area contributed by atoms with Crippen LogP contribution in [0.25, 0.3) is 5.57 Å². The molecule has 0 aliphatic heterocycles. The smallest absolute Gasteiger partial charge is 0.341 e. The molecule has 2 rings (SSSR count). The molecule has 2 atom stereocenters. The zero-order valence-corrected chi connectivity index (χ0v) is 13.4. The molecule has 23 heavy (non-hydrogen) atoms. The fourth-order valence-electron chi connectivity index (χ4n) is 2.59. The first-order valence-corrected chi connectivity index (χ1v) is 7.18. The van der Waals surface area contributed by atoms with Gasteiger partial charge in [0.15, 0.2) is 6.61 Å². The van der Waals surface area contributed by atoms with Crippen LogP contribution in [-0.2, 0) is 14.3 Å². The van der Waals surface area contributed by atoms with Gasteiger partial charge in [-0.05, 0) is 12.1 Å². The molecule has 0 saturated heterocycles. The molecule has 0 radical (unpaired) electrons. The number of carbonyl (C=O) groups is 1. The van der Waals surface area contributed by atoms with Gasteiger partial charge in [0.1, 0.15) is 17.2 Å². The lowest BCUT2D eigenvalue weighted by molar-refractivity contribution is -0.139. The SMILES string of the molecule is COC1=C(c2ccccc2OCC(=O)O)C=CC(N)(OC)C1C. The molecule has 0 bridgehead atoms. The quantitative estimate of drug-likeness (QED) is 0.780. The van der Waals surface area contributed by atoms with Crippen LogP contribution in [0.1, 0.15) is 12.5 Å². The van der Waals surface area contributed by atoms with Crippen molar-refractivity contribution >= 4 is 11.5 Å². The van der Waals surface area contributed by atoms with Crippen LogP contribution in [0.2, 0.25) is 0 Å². The summed E-state index contributed by atoms with van der Waals surface area (Å²) >= 11 is 0. The van der Waals surface area contributed by atoms with Gasteiger partial charge in [0.2, 0.25) is 0 Å². The third-order valence-corrected chi connectivity index (χ3v) is 3.95. The zero-order valence-electron chi connectivity index (χ0n) is 13.4. The first kappa shape index (κ1) is 17.1. The Kier molecular flexibility index (Phi) is 5.08. The molecule has 0 spiro atoms. The van der Waals surface area contributed by atoms with Crippen molar-refractivity contribution in [1.82, 2.24) is 0 Å². The lowest BCUT2D eigenvalue weighted by atomic mass is 9.85. The summed E-state index contributed by atoms with van der Waals surface area (Å²) in [5, 5.41) is 8.81. The van der Waals surface area contributed by atoms with E-state index >= 15 is 0 Å². The maximum Gasteiger partial charge on any atom is 0.341 e. The Bertz CT molecular complexity index is 652. The summed E-state index contributed by atoms with van der Waals surface area (Å²) in [5.41, 5.74) is 6.79. The number of hydrogen-bond donors (Lipinski definition) is 2. The number of hydrogen-bond acceptors (Lipinski definition) is 5. The summed E-state index contributed by atoms with van der Waals surface area (Å²) in [6, 6.07) is 7.20. The van der Waals surface area contributed by atoms with Crippen LogP contribution in [0, 0.1) is 5.92 Å². The van der Waals surface area contributed by atoms with E-state index in [4.69, 9.17) is 25.1 Å². The van der Waals surface area contributed by atoms with Crippen LogP contribution < -0.4 is 10.5 Å². The van der Waals surface area contributed by atoms with Crippen molar-refractivity contribution in [2.24, 2.45) is 11.7 Å². The van der Waals surface area contributed by atoms with E-state index < -0.39 is 18.3 Å². The van der Waals surface area contributed by atoms with Crippen molar-refractivity contribution < 1.29 is 24.1 Å². The predicted octanol–water partition coefficient (Wildman–Crippen LogP) is 2.01. The normalized spacial score (nSPS) is 23.7. The van der Waals surface area contributed by atoms with Crippen molar-refractivity contribution in [2.45, 2.75) is 12.6 Å². The summed E-state index contributed by atoms with van der Waals surface area (Å²) in [5.74, 6) is -0.125. The highest BCUT2D eigenvalue weighted by atomic mass is 16.5. The molecule has 1 aliphatic rings. The Hall–Kier alpha value is -2.31. The average molecular weight is 319 g/mol. The lowest BCUT2D eigenvalue weighted by Crippen LogP contribution is -2.48. The Morgan fingerprint density at radius 3 is 2.65 bits per heavy atom. The van der Waals surface area contributed by atoms with E-state index in [2.05, 4.69) is 0 Å². The first-order chi connectivity index (χ1) is 10.9. The summed E-state index contributed by atoms with van der Waals surface area (Å²) < 4.78 is 16.3. The Morgan fingerprint density at radius 2 is 2.04 bits per heavy atom. The monoisotopic (exact) mass is 319 g/mol. The van der Waals surface area contributed by atoms with Crippen molar-refractivity contribution in [2.75, 3.05) is 20.8 Å². The van der Waals surface area contributed by atoms with Gasteiger partial charge in [-0.25, -0.2) is 4.79 Å². The maximum absolute atomic E-state index is 10.7. The number of ether oxygens (including phenoxy) is 3. The topological polar surface area (TPSA) is 91.0 Å². The van der Waals surface area contributed by atoms with Gasteiger partial charge in [-0.15, -0.1) is 0 Å². The van der Waals surface area contributed by atoms with Crippen LogP contribution in [0.4, 0.5) is 0 Å². The lowest BCUT2D eigenvalue weighted by Gasteiger charge is -2.36. The van der Waals surface area contributed by atoms with Gasteiger partial charge in [-0.1, -0.05) is 31.2 Å². The average Bonchev–Trinajstić information content (AvgIpc) is 2.55. The van der Waals surface area contributed by atoms with Crippen molar-refractivity contribution in [3.05, 3.63) is 47.7 Å².